The molecule has 1 aromatic rings. The van der Waals surface area contributed by atoms with E-state index in [-0.39, 0.29) is 23.9 Å². The number of rotatable bonds is 3. The van der Waals surface area contributed by atoms with Gasteiger partial charge in [0.25, 0.3) is 0 Å². The molecular formula is C13H14N2O5S. The van der Waals surface area contributed by atoms with Crippen LogP contribution in [0.5, 0.6) is 0 Å². The number of hydrogen-bond acceptors (Lipinski definition) is 4. The first-order chi connectivity index (χ1) is 9.97. The van der Waals surface area contributed by atoms with Crippen molar-refractivity contribution in [3.8, 4) is 0 Å². The molecule has 1 saturated carbocycles. The molecule has 112 valence electrons. The second kappa shape index (κ2) is 5.03. The van der Waals surface area contributed by atoms with Crippen LogP contribution in [0.4, 0.5) is 9.80 Å². The average Bonchev–Trinajstić information content (AvgIpc) is 3.19. The molecule has 0 spiro atoms. The van der Waals surface area contributed by atoms with Crippen LogP contribution in [0.25, 0.3) is 0 Å². The summed E-state index contributed by atoms with van der Waals surface area (Å²) in [4.78, 5) is 36.4. The lowest BCUT2D eigenvalue weighted by atomic mass is 10.0. The van der Waals surface area contributed by atoms with E-state index in [0.29, 0.717) is 23.5 Å². The lowest BCUT2D eigenvalue weighted by Crippen LogP contribution is -2.34. The average molecular weight is 310 g/mol. The maximum Gasteiger partial charge on any atom is 0.407 e. The Hall–Kier alpha value is -2.09. The van der Waals surface area contributed by atoms with Crippen molar-refractivity contribution < 1.29 is 24.6 Å². The number of hydrogen-bond donors (Lipinski definition) is 3. The summed E-state index contributed by atoms with van der Waals surface area (Å²) >= 11 is 1.25. The molecule has 1 aromatic heterocycles. The van der Waals surface area contributed by atoms with Gasteiger partial charge in [-0.15, -0.1) is 11.3 Å². The Kier molecular flexibility index (Phi) is 3.32. The van der Waals surface area contributed by atoms with Crippen molar-refractivity contribution in [2.45, 2.75) is 25.8 Å². The lowest BCUT2D eigenvalue weighted by Gasteiger charge is -2.24. The molecule has 2 amide bonds. The van der Waals surface area contributed by atoms with Crippen molar-refractivity contribution in [3.63, 3.8) is 0 Å². The molecule has 2 heterocycles. The van der Waals surface area contributed by atoms with Crippen molar-refractivity contribution in [3.05, 3.63) is 16.0 Å². The number of carboxylic acids is 1. The predicted molar refractivity (Wildman–Crippen MR) is 74.8 cm³/mol. The van der Waals surface area contributed by atoms with Gasteiger partial charge >= 0.3 is 12.1 Å². The van der Waals surface area contributed by atoms with Crippen LogP contribution in [0.15, 0.2) is 0 Å². The van der Waals surface area contributed by atoms with E-state index in [0.717, 1.165) is 17.7 Å². The Labute approximate surface area is 124 Å². The Balaban J connectivity index is 1.93. The van der Waals surface area contributed by atoms with Gasteiger partial charge < -0.3 is 20.4 Å². The van der Waals surface area contributed by atoms with E-state index in [2.05, 4.69) is 5.32 Å². The molecule has 1 aliphatic heterocycles. The number of carbonyl (C=O) groups excluding carboxylic acids is 1. The highest BCUT2D eigenvalue weighted by Crippen LogP contribution is 2.38. The first-order valence-corrected chi connectivity index (χ1v) is 7.45. The quantitative estimate of drug-likeness (QED) is 0.789. The minimum Gasteiger partial charge on any atom is -0.478 e. The van der Waals surface area contributed by atoms with Crippen LogP contribution >= 0.6 is 11.3 Å². The number of nitrogens with zero attached hydrogens (tertiary/aromatic N) is 1. The largest absolute Gasteiger partial charge is 0.478 e. The number of aromatic carboxylic acids is 1. The van der Waals surface area contributed by atoms with Gasteiger partial charge in [0.1, 0.15) is 5.00 Å². The van der Waals surface area contributed by atoms with Gasteiger partial charge in [-0.05, 0) is 19.3 Å². The molecule has 21 heavy (non-hydrogen) atoms. The molecule has 0 bridgehead atoms. The molecule has 3 N–H and O–H groups in total. The summed E-state index contributed by atoms with van der Waals surface area (Å²) in [5.41, 5.74) is 0.544. The van der Waals surface area contributed by atoms with E-state index in [4.69, 9.17) is 5.11 Å². The van der Waals surface area contributed by atoms with Gasteiger partial charge in [0, 0.05) is 22.9 Å². The second-order valence-corrected chi connectivity index (χ2v) is 6.34. The fraction of sp³-hybridized carbons (Fsp3) is 0.462. The van der Waals surface area contributed by atoms with E-state index < -0.39 is 12.1 Å². The van der Waals surface area contributed by atoms with Crippen LogP contribution in [-0.4, -0.2) is 39.6 Å². The zero-order valence-electron chi connectivity index (χ0n) is 11.1. The number of carboxylic acid groups (broad SMARTS) is 2. The predicted octanol–water partition coefficient (Wildman–Crippen LogP) is 1.83. The Bertz CT molecular complexity index is 635. The molecule has 0 unspecified atom stereocenters. The minimum absolute atomic E-state index is 0.0127. The zero-order chi connectivity index (χ0) is 15.1. The summed E-state index contributed by atoms with van der Waals surface area (Å²) in [6, 6.07) is 0. The number of amides is 2. The Morgan fingerprint density at radius 3 is 2.52 bits per heavy atom. The zero-order valence-corrected chi connectivity index (χ0v) is 11.9. The van der Waals surface area contributed by atoms with Crippen LogP contribution in [0.3, 0.4) is 0 Å². The summed E-state index contributed by atoms with van der Waals surface area (Å²) in [6.07, 6.45) is 1.09. The van der Waals surface area contributed by atoms with Crippen LogP contribution in [0.1, 0.15) is 33.6 Å². The highest BCUT2D eigenvalue weighted by Gasteiger charge is 2.34. The summed E-state index contributed by atoms with van der Waals surface area (Å²) in [7, 11) is 0. The van der Waals surface area contributed by atoms with Gasteiger partial charge in [-0.1, -0.05) is 0 Å². The van der Waals surface area contributed by atoms with E-state index in [1.807, 2.05) is 0 Å². The van der Waals surface area contributed by atoms with Crippen molar-refractivity contribution in [2.24, 2.45) is 5.92 Å². The standard InChI is InChI=1S/C13H14N2O5S/c16-10(6-1-2-6)14-11-9(12(17)18)7-5-15(13(19)20)4-3-8(7)21-11/h6H,1-5H2,(H,14,16)(H,17,18)(H,19,20). The molecule has 0 saturated heterocycles. The van der Waals surface area contributed by atoms with Crippen LogP contribution < -0.4 is 5.32 Å². The highest BCUT2D eigenvalue weighted by atomic mass is 32.1. The summed E-state index contributed by atoms with van der Waals surface area (Å²) in [5, 5.41) is 21.4. The van der Waals surface area contributed by atoms with E-state index in [1.54, 1.807) is 0 Å². The Morgan fingerprint density at radius 2 is 1.95 bits per heavy atom. The Morgan fingerprint density at radius 1 is 1.24 bits per heavy atom. The fourth-order valence-electron chi connectivity index (χ4n) is 2.42. The van der Waals surface area contributed by atoms with Gasteiger partial charge in [0.05, 0.1) is 12.1 Å². The van der Waals surface area contributed by atoms with Crippen LogP contribution in [0, 0.1) is 5.92 Å². The van der Waals surface area contributed by atoms with Gasteiger partial charge in [0.15, 0.2) is 0 Å². The molecule has 2 aliphatic rings. The monoisotopic (exact) mass is 310 g/mol. The first kappa shape index (κ1) is 13.9. The molecular weight excluding hydrogens is 296 g/mol. The van der Waals surface area contributed by atoms with Gasteiger partial charge in [-0.25, -0.2) is 9.59 Å². The highest BCUT2D eigenvalue weighted by molar-refractivity contribution is 7.17. The van der Waals surface area contributed by atoms with Crippen molar-refractivity contribution in [2.75, 3.05) is 11.9 Å². The first-order valence-electron chi connectivity index (χ1n) is 6.64. The van der Waals surface area contributed by atoms with E-state index in [1.165, 1.54) is 16.2 Å². The number of thiophene rings is 1. The molecule has 0 aromatic carbocycles. The smallest absolute Gasteiger partial charge is 0.407 e. The van der Waals surface area contributed by atoms with E-state index in [9.17, 15) is 19.5 Å². The third-order valence-corrected chi connectivity index (χ3v) is 4.92. The number of nitrogens with one attached hydrogen (secondary N) is 1. The van der Waals surface area contributed by atoms with Crippen molar-refractivity contribution in [1.29, 1.82) is 0 Å². The number of fused-ring (bicyclic) bond motifs is 1. The van der Waals surface area contributed by atoms with Crippen LogP contribution in [-0.2, 0) is 17.8 Å². The van der Waals surface area contributed by atoms with Gasteiger partial charge in [-0.2, -0.15) is 0 Å². The molecule has 1 aliphatic carbocycles. The maximum atomic E-state index is 11.8. The third kappa shape index (κ3) is 2.58. The maximum absolute atomic E-state index is 11.8. The van der Waals surface area contributed by atoms with Gasteiger partial charge in [0.2, 0.25) is 5.91 Å². The normalized spacial score (nSPS) is 17.2. The topological polar surface area (TPSA) is 107 Å². The number of anilines is 1. The summed E-state index contributed by atoms with van der Waals surface area (Å²) in [5.74, 6) is -1.29. The molecule has 0 atom stereocenters. The SMILES string of the molecule is O=C(O)c1c(NC(=O)C2CC2)sc2c1CN(C(=O)O)CC2. The molecule has 0 radical (unpaired) electrons. The second-order valence-electron chi connectivity index (χ2n) is 5.23. The molecule has 1 fully saturated rings. The summed E-state index contributed by atoms with van der Waals surface area (Å²) in [6.45, 7) is 0.403. The summed E-state index contributed by atoms with van der Waals surface area (Å²) < 4.78 is 0. The fourth-order valence-corrected chi connectivity index (χ4v) is 3.62. The lowest BCUT2D eigenvalue weighted by molar-refractivity contribution is -0.117. The molecule has 3 rings (SSSR count). The third-order valence-electron chi connectivity index (χ3n) is 3.72. The number of carbonyl (C=O) groups is 3. The van der Waals surface area contributed by atoms with E-state index >= 15 is 0 Å². The van der Waals surface area contributed by atoms with Crippen molar-refractivity contribution >= 4 is 34.3 Å². The van der Waals surface area contributed by atoms with Crippen molar-refractivity contribution in [1.82, 2.24) is 4.90 Å². The minimum atomic E-state index is -1.13. The molecule has 8 heteroatoms. The molecule has 7 nitrogen and oxygen atoms in total. The van der Waals surface area contributed by atoms with Gasteiger partial charge in [-0.3, -0.25) is 4.79 Å². The van der Waals surface area contributed by atoms with Crippen LogP contribution in [0.2, 0.25) is 0 Å².